The van der Waals surface area contributed by atoms with Gasteiger partial charge in [-0.2, -0.15) is 0 Å². The quantitative estimate of drug-likeness (QED) is 0.534. The second-order valence-electron chi connectivity index (χ2n) is 3.28. The van der Waals surface area contributed by atoms with Crippen molar-refractivity contribution in [3.63, 3.8) is 0 Å². The molecule has 2 rings (SSSR count). The van der Waals surface area contributed by atoms with E-state index in [1.807, 2.05) is 24.5 Å². The first kappa shape index (κ1) is 15.3. The van der Waals surface area contributed by atoms with Gasteiger partial charge in [-0.25, -0.2) is 9.97 Å². The van der Waals surface area contributed by atoms with Gasteiger partial charge in [-0.1, -0.05) is 12.1 Å². The van der Waals surface area contributed by atoms with E-state index in [0.717, 1.165) is 12.8 Å². The Bertz CT molecular complexity index is 339. The van der Waals surface area contributed by atoms with Crippen molar-refractivity contribution in [1.82, 2.24) is 0 Å². The third-order valence-electron chi connectivity index (χ3n) is 2.21. The third-order valence-corrected chi connectivity index (χ3v) is 2.21. The minimum absolute atomic E-state index is 0. The van der Waals surface area contributed by atoms with Crippen LogP contribution in [0.3, 0.4) is 0 Å². The molecule has 2 aromatic heterocycles. The van der Waals surface area contributed by atoms with Crippen molar-refractivity contribution in [1.29, 1.82) is 0 Å². The van der Waals surface area contributed by atoms with Crippen LogP contribution < -0.4 is 43.9 Å². The van der Waals surface area contributed by atoms with Gasteiger partial charge in [-0.15, -0.1) is 0 Å². The van der Waals surface area contributed by atoms with Crippen LogP contribution in [0.4, 0.5) is 0 Å². The van der Waals surface area contributed by atoms with E-state index in [4.69, 9.17) is 0 Å². The van der Waals surface area contributed by atoms with Gasteiger partial charge in [0.25, 0.3) is 0 Å². The Morgan fingerprint density at radius 2 is 1.12 bits per heavy atom. The Kier molecular flexibility index (Phi) is 8.03. The van der Waals surface area contributed by atoms with Gasteiger partial charge in [-0.3, -0.25) is 0 Å². The minimum atomic E-state index is 0. The van der Waals surface area contributed by atoms with E-state index >= 15 is 0 Å². The molecule has 2 aromatic rings. The highest BCUT2D eigenvalue weighted by molar-refractivity contribution is 5.02. The van der Waals surface area contributed by atoms with Crippen LogP contribution in [-0.4, -0.2) is 0 Å². The maximum atomic E-state index is 3.22. The first-order valence-electron chi connectivity index (χ1n) is 4.86. The molecule has 0 aromatic carbocycles. The van der Waals surface area contributed by atoms with Crippen molar-refractivity contribution in [2.75, 3.05) is 0 Å². The summed E-state index contributed by atoms with van der Waals surface area (Å²) in [5.74, 6) is 0. The number of nitrogens with one attached hydrogen (secondary N) is 2. The highest BCUT2D eigenvalue weighted by atomic mass is 79.9. The maximum absolute atomic E-state index is 3.22. The number of pyridine rings is 2. The molecular formula is C12H14Br2N2. The predicted octanol–water partition coefficient (Wildman–Crippen LogP) is -4.89. The average Bonchev–Trinajstić information content (AvgIpc) is 2.29. The largest absolute Gasteiger partial charge is 1.00 e. The lowest BCUT2D eigenvalue weighted by atomic mass is 10.1. The number of aromatic amines is 2. The van der Waals surface area contributed by atoms with Gasteiger partial charge in [-0.05, 0) is 0 Å². The number of rotatable bonds is 3. The van der Waals surface area contributed by atoms with E-state index in [1.54, 1.807) is 0 Å². The number of hydrogen-bond acceptors (Lipinski definition) is 0. The van der Waals surface area contributed by atoms with Gasteiger partial charge < -0.3 is 34.0 Å². The molecule has 2 heterocycles. The van der Waals surface area contributed by atoms with Crippen LogP contribution in [0.1, 0.15) is 11.4 Å². The van der Waals surface area contributed by atoms with Gasteiger partial charge in [0.05, 0.1) is 0 Å². The highest BCUT2D eigenvalue weighted by Gasteiger charge is 2.03. The Balaban J connectivity index is 0.00000112. The second-order valence-corrected chi connectivity index (χ2v) is 3.28. The van der Waals surface area contributed by atoms with Crippen molar-refractivity contribution in [3.05, 3.63) is 60.2 Å². The lowest BCUT2D eigenvalue weighted by molar-refractivity contribution is -0.397. The zero-order valence-corrected chi connectivity index (χ0v) is 12.0. The Morgan fingerprint density at radius 1 is 0.688 bits per heavy atom. The number of H-pyrrole nitrogens is 2. The van der Waals surface area contributed by atoms with Gasteiger partial charge in [0, 0.05) is 37.1 Å². The van der Waals surface area contributed by atoms with E-state index < -0.39 is 0 Å². The number of aromatic nitrogens is 2. The van der Waals surface area contributed by atoms with E-state index in [2.05, 4.69) is 34.2 Å². The summed E-state index contributed by atoms with van der Waals surface area (Å²) < 4.78 is 0. The van der Waals surface area contributed by atoms with Crippen LogP contribution in [-0.2, 0) is 12.8 Å². The molecule has 4 heteroatoms. The maximum Gasteiger partial charge on any atom is 0.180 e. The van der Waals surface area contributed by atoms with E-state index in [1.165, 1.54) is 11.4 Å². The van der Waals surface area contributed by atoms with Crippen molar-refractivity contribution in [2.24, 2.45) is 0 Å². The molecule has 0 saturated carbocycles. The molecule has 0 radical (unpaired) electrons. The molecule has 0 aliphatic heterocycles. The molecule has 0 amide bonds. The second kappa shape index (κ2) is 8.42. The lowest BCUT2D eigenvalue weighted by Crippen LogP contribution is -3.00. The van der Waals surface area contributed by atoms with Crippen LogP contribution in [0.25, 0.3) is 0 Å². The fraction of sp³-hybridized carbons (Fsp3) is 0.167. The fourth-order valence-corrected chi connectivity index (χ4v) is 1.44. The molecule has 86 valence electrons. The first-order chi connectivity index (χ1) is 6.95. The highest BCUT2D eigenvalue weighted by Crippen LogP contribution is 1.96. The number of hydrogen-bond donors (Lipinski definition) is 0. The summed E-state index contributed by atoms with van der Waals surface area (Å²) in [6, 6.07) is 12.3. The monoisotopic (exact) mass is 344 g/mol. The van der Waals surface area contributed by atoms with E-state index in [-0.39, 0.29) is 34.0 Å². The van der Waals surface area contributed by atoms with Crippen molar-refractivity contribution >= 4 is 0 Å². The first-order valence-corrected chi connectivity index (χ1v) is 4.86. The van der Waals surface area contributed by atoms with Crippen LogP contribution in [0.15, 0.2) is 48.8 Å². The van der Waals surface area contributed by atoms with E-state index in [9.17, 15) is 0 Å². The molecule has 0 unspecified atom stereocenters. The zero-order chi connectivity index (χ0) is 9.64. The summed E-state index contributed by atoms with van der Waals surface area (Å²) in [6.07, 6.45) is 6.01. The van der Waals surface area contributed by atoms with Crippen molar-refractivity contribution < 1.29 is 43.9 Å². The Hall–Kier alpha value is -0.740. The Labute approximate surface area is 117 Å². The lowest BCUT2D eigenvalue weighted by Gasteiger charge is -1.91. The SMILES string of the molecule is [Br-].[Br-].c1ccc(CCc2cccc[nH+]2)[nH+]c1. The fourth-order valence-electron chi connectivity index (χ4n) is 1.44. The molecule has 0 fully saturated rings. The molecule has 16 heavy (non-hydrogen) atoms. The standard InChI is InChI=1S/C12H12N2.2BrH/c1-3-9-13-11(5-1)7-8-12-6-2-4-10-14-12;;/h1-6,9-10H,7-8H2;2*1H. The summed E-state index contributed by atoms with van der Waals surface area (Å²) in [7, 11) is 0. The molecule has 2 nitrogen and oxygen atoms in total. The van der Waals surface area contributed by atoms with Crippen LogP contribution >= 0.6 is 0 Å². The van der Waals surface area contributed by atoms with Gasteiger partial charge in [0.1, 0.15) is 0 Å². The predicted molar refractivity (Wildman–Crippen MR) is 53.4 cm³/mol. The molecule has 0 atom stereocenters. The smallest absolute Gasteiger partial charge is 0.180 e. The average molecular weight is 346 g/mol. The third kappa shape index (κ3) is 4.86. The molecule has 0 saturated heterocycles. The molecular weight excluding hydrogens is 332 g/mol. The van der Waals surface area contributed by atoms with Crippen LogP contribution in [0.5, 0.6) is 0 Å². The normalized spacial score (nSPS) is 8.75. The molecule has 0 aliphatic rings. The van der Waals surface area contributed by atoms with E-state index in [0.29, 0.717) is 0 Å². The summed E-state index contributed by atoms with van der Waals surface area (Å²) in [6.45, 7) is 0. The van der Waals surface area contributed by atoms with Crippen LogP contribution in [0, 0.1) is 0 Å². The zero-order valence-electron chi connectivity index (χ0n) is 8.79. The Morgan fingerprint density at radius 3 is 1.44 bits per heavy atom. The summed E-state index contributed by atoms with van der Waals surface area (Å²) in [5.41, 5.74) is 2.54. The molecule has 0 spiro atoms. The van der Waals surface area contributed by atoms with Gasteiger partial charge in [0.15, 0.2) is 23.8 Å². The van der Waals surface area contributed by atoms with Crippen molar-refractivity contribution in [2.45, 2.75) is 12.8 Å². The molecule has 2 N–H and O–H groups in total. The summed E-state index contributed by atoms with van der Waals surface area (Å²) in [5, 5.41) is 0. The van der Waals surface area contributed by atoms with Crippen LogP contribution in [0.2, 0.25) is 0 Å². The number of aryl methyl sites for hydroxylation is 2. The molecule has 0 aliphatic carbocycles. The van der Waals surface area contributed by atoms with Gasteiger partial charge in [0.2, 0.25) is 0 Å². The molecule has 0 bridgehead atoms. The topological polar surface area (TPSA) is 28.3 Å². The summed E-state index contributed by atoms with van der Waals surface area (Å²) >= 11 is 0. The van der Waals surface area contributed by atoms with Gasteiger partial charge >= 0.3 is 0 Å². The number of halogens is 2. The van der Waals surface area contributed by atoms with Crippen molar-refractivity contribution in [3.8, 4) is 0 Å². The minimum Gasteiger partial charge on any atom is -1.00 e. The summed E-state index contributed by atoms with van der Waals surface area (Å²) in [4.78, 5) is 6.45.